The Hall–Kier alpha value is -2.50. The predicted molar refractivity (Wildman–Crippen MR) is 69.3 cm³/mol. The average molecular weight is 261 g/mol. The van der Waals surface area contributed by atoms with Gasteiger partial charge >= 0.3 is 6.03 Å². The van der Waals surface area contributed by atoms with Crippen LogP contribution in [0.15, 0.2) is 42.6 Å². The van der Waals surface area contributed by atoms with Crippen molar-refractivity contribution in [2.75, 3.05) is 6.61 Å². The van der Waals surface area contributed by atoms with E-state index in [1.165, 1.54) is 6.20 Å². The van der Waals surface area contributed by atoms with Gasteiger partial charge in [-0.05, 0) is 25.1 Å². The molecule has 1 aliphatic rings. The Morgan fingerprint density at radius 1 is 1.37 bits per heavy atom. The Kier molecular flexibility index (Phi) is 3.70. The summed E-state index contributed by atoms with van der Waals surface area (Å²) in [6.07, 6.45) is 3.13. The van der Waals surface area contributed by atoms with E-state index in [4.69, 9.17) is 4.74 Å². The van der Waals surface area contributed by atoms with Crippen molar-refractivity contribution in [3.05, 3.63) is 42.6 Å². The molecule has 0 spiro atoms. The van der Waals surface area contributed by atoms with Crippen molar-refractivity contribution in [1.82, 2.24) is 16.0 Å². The number of nitrogens with one attached hydrogen (secondary N) is 3. The second-order valence-electron chi connectivity index (χ2n) is 4.28. The third-order valence-corrected chi connectivity index (χ3v) is 2.52. The molecule has 3 N–H and O–H groups in total. The first-order chi connectivity index (χ1) is 9.07. The molecule has 2 rings (SSSR count). The number of ether oxygens (including phenoxy) is 1. The lowest BCUT2D eigenvalue weighted by atomic mass is 10.1. The molecule has 3 amide bonds. The average Bonchev–Trinajstić information content (AvgIpc) is 2.37. The molecule has 1 aliphatic heterocycles. The molecule has 0 bridgehead atoms. The van der Waals surface area contributed by atoms with Gasteiger partial charge < -0.3 is 20.7 Å². The van der Waals surface area contributed by atoms with Crippen molar-refractivity contribution in [3.63, 3.8) is 0 Å². The van der Waals surface area contributed by atoms with Crippen LogP contribution in [-0.2, 0) is 4.79 Å². The maximum atomic E-state index is 11.8. The Balaban J connectivity index is 1.86. The number of carbonyl (C=O) groups excluding carboxylic acids is 2. The number of benzene rings is 1. The molecule has 1 atom stereocenters. The van der Waals surface area contributed by atoms with Gasteiger partial charge in [-0.25, -0.2) is 4.79 Å². The zero-order valence-electron chi connectivity index (χ0n) is 10.5. The van der Waals surface area contributed by atoms with Gasteiger partial charge in [0.1, 0.15) is 11.4 Å². The van der Waals surface area contributed by atoms with E-state index < -0.39 is 5.66 Å². The molecule has 1 aromatic rings. The number of urea groups is 1. The molecule has 0 radical (unpaired) electrons. The molecular formula is C13H15N3O3. The van der Waals surface area contributed by atoms with Crippen molar-refractivity contribution in [1.29, 1.82) is 0 Å². The number of hydrogen-bond donors (Lipinski definition) is 3. The third-order valence-electron chi connectivity index (χ3n) is 2.52. The van der Waals surface area contributed by atoms with Crippen LogP contribution in [0.1, 0.15) is 6.92 Å². The second-order valence-corrected chi connectivity index (χ2v) is 4.28. The van der Waals surface area contributed by atoms with E-state index in [-0.39, 0.29) is 18.5 Å². The molecule has 1 aromatic carbocycles. The largest absolute Gasteiger partial charge is 0.484 e. The van der Waals surface area contributed by atoms with Gasteiger partial charge in [-0.1, -0.05) is 18.2 Å². The molecule has 0 saturated carbocycles. The highest BCUT2D eigenvalue weighted by Crippen LogP contribution is 2.08. The number of amides is 3. The van der Waals surface area contributed by atoms with Crippen LogP contribution < -0.4 is 20.7 Å². The van der Waals surface area contributed by atoms with Gasteiger partial charge in [0.15, 0.2) is 6.61 Å². The summed E-state index contributed by atoms with van der Waals surface area (Å²) in [5, 5.41) is 7.73. The molecular weight excluding hydrogens is 246 g/mol. The van der Waals surface area contributed by atoms with Crippen LogP contribution in [0.5, 0.6) is 5.75 Å². The lowest BCUT2D eigenvalue weighted by Gasteiger charge is -2.31. The van der Waals surface area contributed by atoms with Crippen molar-refractivity contribution in [3.8, 4) is 5.75 Å². The highest BCUT2D eigenvalue weighted by atomic mass is 16.5. The van der Waals surface area contributed by atoms with Gasteiger partial charge in [-0.3, -0.25) is 4.79 Å². The summed E-state index contributed by atoms with van der Waals surface area (Å²) in [5.74, 6) is 0.297. The fourth-order valence-electron chi connectivity index (χ4n) is 1.66. The van der Waals surface area contributed by atoms with E-state index in [0.29, 0.717) is 5.75 Å². The van der Waals surface area contributed by atoms with E-state index in [9.17, 15) is 9.59 Å². The lowest BCUT2D eigenvalue weighted by Crippen LogP contribution is -2.61. The fourth-order valence-corrected chi connectivity index (χ4v) is 1.66. The maximum Gasteiger partial charge on any atom is 0.320 e. The topological polar surface area (TPSA) is 79.5 Å². The molecule has 19 heavy (non-hydrogen) atoms. The van der Waals surface area contributed by atoms with Gasteiger partial charge in [0, 0.05) is 6.20 Å². The van der Waals surface area contributed by atoms with Gasteiger partial charge in [-0.2, -0.15) is 0 Å². The minimum atomic E-state index is -0.903. The quantitative estimate of drug-likeness (QED) is 0.747. The summed E-state index contributed by atoms with van der Waals surface area (Å²) < 4.78 is 5.32. The van der Waals surface area contributed by atoms with Crippen molar-refractivity contribution in [2.45, 2.75) is 12.6 Å². The van der Waals surface area contributed by atoms with Crippen LogP contribution in [0.3, 0.4) is 0 Å². The van der Waals surface area contributed by atoms with Crippen molar-refractivity contribution in [2.24, 2.45) is 0 Å². The zero-order chi connectivity index (χ0) is 13.7. The predicted octanol–water partition coefficient (Wildman–Crippen LogP) is 0.724. The molecule has 0 aliphatic carbocycles. The summed E-state index contributed by atoms with van der Waals surface area (Å²) in [5.41, 5.74) is -0.903. The van der Waals surface area contributed by atoms with E-state index in [2.05, 4.69) is 16.0 Å². The molecule has 1 unspecified atom stereocenters. The Morgan fingerprint density at radius 3 is 2.79 bits per heavy atom. The Labute approximate surface area is 110 Å². The molecule has 6 heteroatoms. The van der Waals surface area contributed by atoms with Crippen LogP contribution in [0.25, 0.3) is 0 Å². The van der Waals surface area contributed by atoms with E-state index in [1.54, 1.807) is 25.1 Å². The van der Waals surface area contributed by atoms with Crippen LogP contribution in [0.2, 0.25) is 0 Å². The Morgan fingerprint density at radius 2 is 2.11 bits per heavy atom. The van der Waals surface area contributed by atoms with Gasteiger partial charge in [0.05, 0.1) is 0 Å². The van der Waals surface area contributed by atoms with Gasteiger partial charge in [-0.15, -0.1) is 0 Å². The van der Waals surface area contributed by atoms with Crippen LogP contribution in [0, 0.1) is 0 Å². The monoisotopic (exact) mass is 261 g/mol. The van der Waals surface area contributed by atoms with Gasteiger partial charge in [0.2, 0.25) is 0 Å². The first-order valence-corrected chi connectivity index (χ1v) is 5.83. The van der Waals surface area contributed by atoms with Crippen molar-refractivity contribution >= 4 is 11.9 Å². The summed E-state index contributed by atoms with van der Waals surface area (Å²) >= 11 is 0. The van der Waals surface area contributed by atoms with Gasteiger partial charge in [0.25, 0.3) is 5.91 Å². The summed E-state index contributed by atoms with van der Waals surface area (Å²) in [6, 6.07) is 8.68. The number of carbonyl (C=O) groups is 2. The zero-order valence-corrected chi connectivity index (χ0v) is 10.5. The summed E-state index contributed by atoms with van der Waals surface area (Å²) in [4.78, 5) is 22.9. The third kappa shape index (κ3) is 3.74. The van der Waals surface area contributed by atoms with E-state index in [0.717, 1.165) is 0 Å². The fraction of sp³-hybridized carbons (Fsp3) is 0.231. The Bertz CT molecular complexity index is 501. The SMILES string of the molecule is CC1(NC(=O)COc2ccccc2)C=CNC(=O)N1. The van der Waals surface area contributed by atoms with Crippen LogP contribution in [0.4, 0.5) is 4.79 Å². The van der Waals surface area contributed by atoms with E-state index in [1.807, 2.05) is 18.2 Å². The molecule has 0 saturated heterocycles. The molecule has 0 aromatic heterocycles. The molecule has 0 fully saturated rings. The number of rotatable bonds is 4. The minimum Gasteiger partial charge on any atom is -0.484 e. The molecule has 6 nitrogen and oxygen atoms in total. The standard InChI is InChI=1S/C13H15N3O3/c1-13(7-8-14-12(18)16-13)15-11(17)9-19-10-5-3-2-4-6-10/h2-8H,9H2,1H3,(H,15,17)(H2,14,16,18). The summed E-state index contributed by atoms with van der Waals surface area (Å²) in [7, 11) is 0. The first-order valence-electron chi connectivity index (χ1n) is 5.83. The van der Waals surface area contributed by atoms with Crippen LogP contribution in [-0.4, -0.2) is 24.2 Å². The highest BCUT2D eigenvalue weighted by Gasteiger charge is 2.27. The summed E-state index contributed by atoms with van der Waals surface area (Å²) in [6.45, 7) is 1.57. The van der Waals surface area contributed by atoms with E-state index >= 15 is 0 Å². The molecule has 100 valence electrons. The van der Waals surface area contributed by atoms with Crippen molar-refractivity contribution < 1.29 is 14.3 Å². The normalized spacial score (nSPS) is 21.2. The second kappa shape index (κ2) is 5.43. The van der Waals surface area contributed by atoms with Crippen LogP contribution >= 0.6 is 0 Å². The maximum absolute atomic E-state index is 11.8. The number of hydrogen-bond acceptors (Lipinski definition) is 3. The molecule has 1 heterocycles. The number of para-hydroxylation sites is 1. The smallest absolute Gasteiger partial charge is 0.320 e. The lowest BCUT2D eigenvalue weighted by molar-refractivity contribution is -0.124. The minimum absolute atomic E-state index is 0.114. The highest BCUT2D eigenvalue weighted by molar-refractivity contribution is 5.82. The first kappa shape index (κ1) is 12.9.